The summed E-state index contributed by atoms with van der Waals surface area (Å²) in [5.74, 6) is 0.482. The highest BCUT2D eigenvalue weighted by atomic mass is 35.5. The summed E-state index contributed by atoms with van der Waals surface area (Å²) in [6, 6.07) is 12.8. The lowest BCUT2D eigenvalue weighted by molar-refractivity contribution is -0.111. The summed E-state index contributed by atoms with van der Waals surface area (Å²) in [6.07, 6.45) is 4.11. The van der Waals surface area contributed by atoms with Gasteiger partial charge in [0.25, 0.3) is 0 Å². The molecule has 3 rings (SSSR count). The molecular formula is C21H18Cl2N2O2S. The summed E-state index contributed by atoms with van der Waals surface area (Å²) in [6.45, 7) is 2.68. The van der Waals surface area contributed by atoms with Crippen LogP contribution in [0.3, 0.4) is 0 Å². The fourth-order valence-corrected chi connectivity index (χ4v) is 3.65. The van der Waals surface area contributed by atoms with Crippen LogP contribution < -0.4 is 10.1 Å². The maximum atomic E-state index is 12.3. The second kappa shape index (κ2) is 9.73. The summed E-state index contributed by atoms with van der Waals surface area (Å²) in [5.41, 5.74) is 2.29. The van der Waals surface area contributed by atoms with E-state index in [2.05, 4.69) is 10.3 Å². The molecule has 7 heteroatoms. The van der Waals surface area contributed by atoms with Crippen molar-refractivity contribution >= 4 is 51.7 Å². The van der Waals surface area contributed by atoms with Crippen molar-refractivity contribution in [3.05, 3.63) is 69.5 Å². The number of rotatable bonds is 7. The van der Waals surface area contributed by atoms with Crippen molar-refractivity contribution in [2.75, 3.05) is 11.9 Å². The molecule has 1 amide bonds. The van der Waals surface area contributed by atoms with Crippen LogP contribution in [0.25, 0.3) is 17.3 Å². The second-order valence-corrected chi connectivity index (χ2v) is 7.57. The molecule has 28 heavy (non-hydrogen) atoms. The standard InChI is InChI=1S/C21H18Cl2N2O2S/c1-2-11-27-19-6-4-3-5-14(19)7-10-20(26)25-21-24-18(13-28-21)16-9-8-15(22)12-17(16)23/h3-10,12-13H,2,11H2,1H3,(H,24,25,26)/b10-7+. The van der Waals surface area contributed by atoms with Crippen LogP contribution in [0.15, 0.2) is 53.9 Å². The second-order valence-electron chi connectivity index (χ2n) is 5.87. The van der Waals surface area contributed by atoms with E-state index in [0.717, 1.165) is 23.3 Å². The van der Waals surface area contributed by atoms with Crippen LogP contribution >= 0.6 is 34.5 Å². The number of nitrogens with one attached hydrogen (secondary N) is 1. The highest BCUT2D eigenvalue weighted by molar-refractivity contribution is 7.14. The fraction of sp³-hybridized carbons (Fsp3) is 0.143. The van der Waals surface area contributed by atoms with Gasteiger partial charge in [0.2, 0.25) is 5.91 Å². The van der Waals surface area contributed by atoms with Crippen LogP contribution in [0.5, 0.6) is 5.75 Å². The molecule has 0 bridgehead atoms. The first-order chi connectivity index (χ1) is 13.6. The lowest BCUT2D eigenvalue weighted by Crippen LogP contribution is -2.07. The minimum atomic E-state index is -0.270. The van der Waals surface area contributed by atoms with Gasteiger partial charge in [0, 0.05) is 27.6 Å². The molecule has 0 aliphatic heterocycles. The number of ether oxygens (including phenoxy) is 1. The molecular weight excluding hydrogens is 415 g/mol. The number of amides is 1. The Morgan fingerprint density at radius 2 is 2.07 bits per heavy atom. The van der Waals surface area contributed by atoms with Gasteiger partial charge in [-0.05, 0) is 36.8 Å². The number of carbonyl (C=O) groups is 1. The van der Waals surface area contributed by atoms with Gasteiger partial charge in [-0.15, -0.1) is 11.3 Å². The molecule has 1 N–H and O–H groups in total. The Labute approximate surface area is 177 Å². The van der Waals surface area contributed by atoms with Crippen molar-refractivity contribution in [1.82, 2.24) is 4.98 Å². The van der Waals surface area contributed by atoms with Crippen molar-refractivity contribution in [3.8, 4) is 17.0 Å². The van der Waals surface area contributed by atoms with Crippen LogP contribution in [0.2, 0.25) is 10.0 Å². The Balaban J connectivity index is 1.68. The molecule has 144 valence electrons. The number of hydrogen-bond donors (Lipinski definition) is 1. The molecule has 2 aromatic carbocycles. The fourth-order valence-electron chi connectivity index (χ4n) is 2.43. The Morgan fingerprint density at radius 1 is 1.25 bits per heavy atom. The monoisotopic (exact) mass is 432 g/mol. The summed E-state index contributed by atoms with van der Waals surface area (Å²) in [7, 11) is 0. The van der Waals surface area contributed by atoms with E-state index in [0.29, 0.717) is 27.5 Å². The van der Waals surface area contributed by atoms with Gasteiger partial charge < -0.3 is 4.74 Å². The number of hydrogen-bond acceptors (Lipinski definition) is 4. The molecule has 0 saturated heterocycles. The topological polar surface area (TPSA) is 51.2 Å². The summed E-state index contributed by atoms with van der Waals surface area (Å²) >= 11 is 13.5. The normalized spacial score (nSPS) is 11.0. The van der Waals surface area contributed by atoms with E-state index < -0.39 is 0 Å². The maximum Gasteiger partial charge on any atom is 0.250 e. The van der Waals surface area contributed by atoms with E-state index in [9.17, 15) is 4.79 Å². The number of carbonyl (C=O) groups excluding carboxylic acids is 1. The first-order valence-corrected chi connectivity index (χ1v) is 10.3. The number of aromatic nitrogens is 1. The van der Waals surface area contributed by atoms with Crippen molar-refractivity contribution in [2.24, 2.45) is 0 Å². The Hall–Kier alpha value is -2.34. The molecule has 4 nitrogen and oxygen atoms in total. The summed E-state index contributed by atoms with van der Waals surface area (Å²) < 4.78 is 5.69. The van der Waals surface area contributed by atoms with Gasteiger partial charge in [-0.2, -0.15) is 0 Å². The van der Waals surface area contributed by atoms with E-state index in [1.807, 2.05) is 36.6 Å². The third kappa shape index (κ3) is 5.35. The molecule has 1 heterocycles. The van der Waals surface area contributed by atoms with Crippen molar-refractivity contribution in [3.63, 3.8) is 0 Å². The van der Waals surface area contributed by atoms with E-state index in [4.69, 9.17) is 27.9 Å². The first kappa shape index (κ1) is 20.4. The predicted octanol–water partition coefficient (Wildman–Crippen LogP) is 6.56. The van der Waals surface area contributed by atoms with Crippen LogP contribution in [0, 0.1) is 0 Å². The van der Waals surface area contributed by atoms with E-state index in [1.165, 1.54) is 17.4 Å². The zero-order chi connectivity index (χ0) is 19.9. The van der Waals surface area contributed by atoms with Gasteiger partial charge in [0.05, 0.1) is 17.3 Å². The molecule has 0 aliphatic carbocycles. The quantitative estimate of drug-likeness (QED) is 0.430. The van der Waals surface area contributed by atoms with Gasteiger partial charge >= 0.3 is 0 Å². The smallest absolute Gasteiger partial charge is 0.250 e. The van der Waals surface area contributed by atoms with Gasteiger partial charge in [-0.3, -0.25) is 10.1 Å². The number of anilines is 1. The average Bonchev–Trinajstić information content (AvgIpc) is 3.13. The summed E-state index contributed by atoms with van der Waals surface area (Å²) in [4.78, 5) is 16.7. The van der Waals surface area contributed by atoms with E-state index in [-0.39, 0.29) is 5.91 Å². The number of para-hydroxylation sites is 1. The first-order valence-electron chi connectivity index (χ1n) is 8.68. The van der Waals surface area contributed by atoms with Crippen LogP contribution in [-0.4, -0.2) is 17.5 Å². The zero-order valence-electron chi connectivity index (χ0n) is 15.1. The Bertz CT molecular complexity index is 1000. The largest absolute Gasteiger partial charge is 0.493 e. The van der Waals surface area contributed by atoms with Crippen LogP contribution in [0.4, 0.5) is 5.13 Å². The van der Waals surface area contributed by atoms with E-state index in [1.54, 1.807) is 24.3 Å². The van der Waals surface area contributed by atoms with Crippen LogP contribution in [0.1, 0.15) is 18.9 Å². The molecule has 0 aliphatic rings. The number of halogens is 2. The highest BCUT2D eigenvalue weighted by Crippen LogP contribution is 2.32. The van der Waals surface area contributed by atoms with Crippen molar-refractivity contribution < 1.29 is 9.53 Å². The number of benzene rings is 2. The zero-order valence-corrected chi connectivity index (χ0v) is 17.4. The summed E-state index contributed by atoms with van der Waals surface area (Å²) in [5, 5.41) is 6.17. The molecule has 0 fully saturated rings. The maximum absolute atomic E-state index is 12.3. The predicted molar refractivity (Wildman–Crippen MR) is 117 cm³/mol. The number of nitrogens with zero attached hydrogens (tertiary/aromatic N) is 1. The van der Waals surface area contributed by atoms with Gasteiger partial charge in [-0.25, -0.2) is 4.98 Å². The van der Waals surface area contributed by atoms with Crippen LogP contribution in [-0.2, 0) is 4.79 Å². The highest BCUT2D eigenvalue weighted by Gasteiger charge is 2.10. The third-order valence-corrected chi connectivity index (χ3v) is 5.04. The molecule has 3 aromatic rings. The molecule has 1 aromatic heterocycles. The lowest BCUT2D eigenvalue weighted by Gasteiger charge is -2.07. The van der Waals surface area contributed by atoms with E-state index >= 15 is 0 Å². The van der Waals surface area contributed by atoms with Crippen molar-refractivity contribution in [1.29, 1.82) is 0 Å². The Morgan fingerprint density at radius 3 is 2.86 bits per heavy atom. The SMILES string of the molecule is CCCOc1ccccc1/C=C/C(=O)Nc1nc(-c2ccc(Cl)cc2Cl)cs1. The molecule has 0 atom stereocenters. The minimum Gasteiger partial charge on any atom is -0.493 e. The van der Waals surface area contributed by atoms with Gasteiger partial charge in [0.15, 0.2) is 5.13 Å². The number of thiazole rings is 1. The Kier molecular flexibility index (Phi) is 7.09. The average molecular weight is 433 g/mol. The molecule has 0 radical (unpaired) electrons. The molecule has 0 unspecified atom stereocenters. The van der Waals surface area contributed by atoms with Crippen molar-refractivity contribution in [2.45, 2.75) is 13.3 Å². The molecule has 0 spiro atoms. The molecule has 0 saturated carbocycles. The third-order valence-electron chi connectivity index (χ3n) is 3.74. The lowest BCUT2D eigenvalue weighted by atomic mass is 10.2. The van der Waals surface area contributed by atoms with Gasteiger partial charge in [0.1, 0.15) is 5.75 Å². The minimum absolute atomic E-state index is 0.270. The van der Waals surface area contributed by atoms with Gasteiger partial charge in [-0.1, -0.05) is 48.3 Å².